The average Bonchev–Trinajstić information content (AvgIpc) is 2.99. The van der Waals surface area contributed by atoms with Crippen molar-refractivity contribution in [2.24, 2.45) is 0 Å². The number of thiazole rings is 1. The van der Waals surface area contributed by atoms with Crippen LogP contribution in [0.5, 0.6) is 0 Å². The van der Waals surface area contributed by atoms with Crippen LogP contribution in [0.25, 0.3) is 21.1 Å². The Kier molecular flexibility index (Phi) is 3.24. The van der Waals surface area contributed by atoms with Crippen molar-refractivity contribution in [3.8, 4) is 0 Å². The molecule has 0 aliphatic rings. The lowest BCUT2D eigenvalue weighted by Crippen LogP contribution is -1.93. The van der Waals surface area contributed by atoms with E-state index in [9.17, 15) is 0 Å². The molecule has 0 atom stereocenters. The fraction of sp³-hybridized carbons (Fsp3) is 0.111. The number of para-hydroxylation sites is 1. The van der Waals surface area contributed by atoms with E-state index in [2.05, 4.69) is 35.3 Å². The molecule has 4 aromatic rings. The predicted octanol–water partition coefficient (Wildman–Crippen LogP) is 4.21. The summed E-state index contributed by atoms with van der Waals surface area (Å²) < 4.78 is 1.14. The van der Waals surface area contributed by atoms with Crippen molar-refractivity contribution in [3.05, 3.63) is 65.2 Å². The number of rotatable bonds is 3. The summed E-state index contributed by atoms with van der Waals surface area (Å²) in [4.78, 5) is 9.17. The van der Waals surface area contributed by atoms with Crippen LogP contribution in [0.1, 0.15) is 10.6 Å². The van der Waals surface area contributed by atoms with Crippen LogP contribution in [-0.4, -0.2) is 9.97 Å². The lowest BCUT2D eigenvalue weighted by Gasteiger charge is -1.99. The van der Waals surface area contributed by atoms with Crippen molar-refractivity contribution in [2.45, 2.75) is 12.8 Å². The lowest BCUT2D eigenvalue weighted by molar-refractivity contribution is 0.949. The summed E-state index contributed by atoms with van der Waals surface area (Å²) in [5, 5.41) is 2.25. The molecule has 2 aromatic heterocycles. The van der Waals surface area contributed by atoms with Crippen LogP contribution in [0, 0.1) is 0 Å². The molecule has 0 aliphatic heterocycles. The Balaban J connectivity index is 1.74. The van der Waals surface area contributed by atoms with Crippen molar-refractivity contribution in [1.29, 1.82) is 0 Å². The molecule has 4 heteroatoms. The van der Waals surface area contributed by atoms with E-state index in [1.54, 1.807) is 11.3 Å². The number of nitrogens with two attached hydrogens (primary N) is 1. The van der Waals surface area contributed by atoms with Gasteiger partial charge in [0.15, 0.2) is 5.82 Å². The summed E-state index contributed by atoms with van der Waals surface area (Å²) >= 11 is 1.73. The van der Waals surface area contributed by atoms with Crippen molar-refractivity contribution >= 4 is 38.3 Å². The number of hydrogen-bond acceptors (Lipinski definition) is 4. The number of nitrogen functional groups attached to an aromatic ring is 1. The number of pyridine rings is 1. The van der Waals surface area contributed by atoms with E-state index in [1.807, 2.05) is 24.3 Å². The predicted molar refractivity (Wildman–Crippen MR) is 93.2 cm³/mol. The lowest BCUT2D eigenvalue weighted by atomic mass is 10.1. The van der Waals surface area contributed by atoms with Crippen LogP contribution in [0.2, 0.25) is 0 Å². The fourth-order valence-electron chi connectivity index (χ4n) is 2.67. The van der Waals surface area contributed by atoms with E-state index < -0.39 is 0 Å². The summed E-state index contributed by atoms with van der Waals surface area (Å²) in [5.41, 5.74) is 9.18. The van der Waals surface area contributed by atoms with Gasteiger partial charge in [-0.2, -0.15) is 0 Å². The fourth-order valence-corrected chi connectivity index (χ4v) is 3.78. The molecule has 0 unspecified atom stereocenters. The Morgan fingerprint density at radius 1 is 0.864 bits per heavy atom. The van der Waals surface area contributed by atoms with Crippen molar-refractivity contribution in [2.75, 3.05) is 5.73 Å². The standard InChI is InChI=1S/C18H15N3S/c19-18-16-17(13-8-4-5-9-14(13)20-18)22-15(21-16)11-10-12-6-2-1-3-7-12/h1-9H,10-11H2,(H2,19,20). The van der Waals surface area contributed by atoms with Crippen LogP contribution < -0.4 is 5.73 Å². The maximum absolute atomic E-state index is 6.08. The zero-order valence-electron chi connectivity index (χ0n) is 12.0. The molecule has 2 heterocycles. The Bertz CT molecular complexity index is 945. The Morgan fingerprint density at radius 3 is 2.50 bits per heavy atom. The van der Waals surface area contributed by atoms with Crippen molar-refractivity contribution in [1.82, 2.24) is 9.97 Å². The molecular formula is C18H15N3S. The molecular weight excluding hydrogens is 290 g/mol. The molecule has 2 N–H and O–H groups in total. The highest BCUT2D eigenvalue weighted by atomic mass is 32.1. The number of fused-ring (bicyclic) bond motifs is 3. The van der Waals surface area contributed by atoms with E-state index in [0.717, 1.165) is 39.0 Å². The SMILES string of the molecule is Nc1nc2ccccc2c2sc(CCc3ccccc3)nc12. The van der Waals surface area contributed by atoms with Gasteiger partial charge in [-0.15, -0.1) is 11.3 Å². The number of benzene rings is 2. The molecule has 0 amide bonds. The van der Waals surface area contributed by atoms with Gasteiger partial charge in [-0.3, -0.25) is 0 Å². The van der Waals surface area contributed by atoms with Gasteiger partial charge in [-0.1, -0.05) is 48.5 Å². The molecule has 0 saturated carbocycles. The van der Waals surface area contributed by atoms with Gasteiger partial charge in [0.05, 0.1) is 15.2 Å². The third-order valence-electron chi connectivity index (χ3n) is 3.77. The molecule has 108 valence electrons. The van der Waals surface area contributed by atoms with Gasteiger partial charge in [-0.05, 0) is 18.1 Å². The van der Waals surface area contributed by atoms with Crippen molar-refractivity contribution < 1.29 is 0 Å². The highest BCUT2D eigenvalue weighted by Gasteiger charge is 2.12. The second-order valence-electron chi connectivity index (χ2n) is 5.29. The second-order valence-corrected chi connectivity index (χ2v) is 6.37. The monoisotopic (exact) mass is 305 g/mol. The third-order valence-corrected chi connectivity index (χ3v) is 4.92. The first-order valence-corrected chi connectivity index (χ1v) is 8.10. The molecule has 3 nitrogen and oxygen atoms in total. The molecule has 0 radical (unpaired) electrons. The maximum atomic E-state index is 6.08. The molecule has 2 aromatic carbocycles. The first kappa shape index (κ1) is 13.2. The van der Waals surface area contributed by atoms with E-state index in [0.29, 0.717) is 5.82 Å². The van der Waals surface area contributed by atoms with Crippen LogP contribution in [0.3, 0.4) is 0 Å². The van der Waals surface area contributed by atoms with Gasteiger partial charge in [0.1, 0.15) is 5.52 Å². The number of hydrogen-bond donors (Lipinski definition) is 1. The average molecular weight is 305 g/mol. The van der Waals surface area contributed by atoms with Gasteiger partial charge in [0, 0.05) is 11.8 Å². The third kappa shape index (κ3) is 2.31. The smallest absolute Gasteiger partial charge is 0.151 e. The molecule has 4 rings (SSSR count). The Labute approximate surface area is 132 Å². The molecule has 0 saturated heterocycles. The normalized spacial score (nSPS) is 11.3. The largest absolute Gasteiger partial charge is 0.382 e. The van der Waals surface area contributed by atoms with Crippen LogP contribution >= 0.6 is 11.3 Å². The van der Waals surface area contributed by atoms with E-state index in [1.165, 1.54) is 5.56 Å². The topological polar surface area (TPSA) is 51.8 Å². The zero-order chi connectivity index (χ0) is 14.9. The first-order valence-electron chi connectivity index (χ1n) is 7.29. The minimum absolute atomic E-state index is 0.524. The van der Waals surface area contributed by atoms with Crippen LogP contribution in [0.15, 0.2) is 54.6 Å². The number of aryl methyl sites for hydroxylation is 2. The summed E-state index contributed by atoms with van der Waals surface area (Å²) in [5.74, 6) is 0.524. The van der Waals surface area contributed by atoms with E-state index >= 15 is 0 Å². The molecule has 22 heavy (non-hydrogen) atoms. The van der Waals surface area contributed by atoms with Gasteiger partial charge in [0.2, 0.25) is 0 Å². The maximum Gasteiger partial charge on any atom is 0.151 e. The minimum atomic E-state index is 0.524. The van der Waals surface area contributed by atoms with Gasteiger partial charge in [-0.25, -0.2) is 9.97 Å². The Morgan fingerprint density at radius 2 is 1.64 bits per heavy atom. The van der Waals surface area contributed by atoms with E-state index in [-0.39, 0.29) is 0 Å². The summed E-state index contributed by atoms with van der Waals surface area (Å²) in [6.45, 7) is 0. The molecule has 0 bridgehead atoms. The zero-order valence-corrected chi connectivity index (χ0v) is 12.8. The quantitative estimate of drug-likeness (QED) is 0.617. The number of nitrogens with zero attached hydrogens (tertiary/aromatic N) is 2. The van der Waals surface area contributed by atoms with Crippen molar-refractivity contribution in [3.63, 3.8) is 0 Å². The second kappa shape index (κ2) is 5.39. The summed E-state index contributed by atoms with van der Waals surface area (Å²) in [6, 6.07) is 18.6. The Hall–Kier alpha value is -2.46. The van der Waals surface area contributed by atoms with Gasteiger partial charge >= 0.3 is 0 Å². The van der Waals surface area contributed by atoms with Gasteiger partial charge in [0.25, 0.3) is 0 Å². The molecule has 0 aliphatic carbocycles. The first-order chi connectivity index (χ1) is 10.8. The van der Waals surface area contributed by atoms with Crippen LogP contribution in [-0.2, 0) is 12.8 Å². The van der Waals surface area contributed by atoms with Crippen LogP contribution in [0.4, 0.5) is 5.82 Å². The van der Waals surface area contributed by atoms with Gasteiger partial charge < -0.3 is 5.73 Å². The minimum Gasteiger partial charge on any atom is -0.382 e. The summed E-state index contributed by atoms with van der Waals surface area (Å²) in [7, 11) is 0. The number of anilines is 1. The number of aromatic nitrogens is 2. The van der Waals surface area contributed by atoms with E-state index in [4.69, 9.17) is 10.7 Å². The highest BCUT2D eigenvalue weighted by molar-refractivity contribution is 7.19. The molecule has 0 fully saturated rings. The highest BCUT2D eigenvalue weighted by Crippen LogP contribution is 2.32. The molecule has 0 spiro atoms. The summed E-state index contributed by atoms with van der Waals surface area (Å²) in [6.07, 6.45) is 1.92.